The van der Waals surface area contributed by atoms with Gasteiger partial charge in [-0.3, -0.25) is 0 Å². The van der Waals surface area contributed by atoms with Crippen molar-refractivity contribution in [3.8, 4) is 56.4 Å². The van der Waals surface area contributed by atoms with Crippen molar-refractivity contribution in [2.24, 2.45) is 0 Å². The van der Waals surface area contributed by atoms with Crippen molar-refractivity contribution in [1.29, 1.82) is 0 Å². The van der Waals surface area contributed by atoms with Gasteiger partial charge in [-0.2, -0.15) is 0 Å². The van der Waals surface area contributed by atoms with Crippen LogP contribution in [0.4, 0.5) is 0 Å². The zero-order chi connectivity index (χ0) is 39.6. The number of fused-ring (bicyclic) bond motifs is 7. The van der Waals surface area contributed by atoms with E-state index in [2.05, 4.69) is 215 Å². The molecule has 0 aliphatic carbocycles. The van der Waals surface area contributed by atoms with Crippen LogP contribution in [0.3, 0.4) is 0 Å². The number of aromatic nitrogens is 4. The molecule has 0 fully saturated rings. The fraction of sp³-hybridized carbons (Fsp3) is 0. The molecule has 0 saturated heterocycles. The lowest BCUT2D eigenvalue weighted by Crippen LogP contribution is -1.99. The fourth-order valence-electron chi connectivity index (χ4n) is 9.11. The number of rotatable bonds is 6. The maximum Gasteiger partial charge on any atom is 0.160 e. The Morgan fingerprint density at radius 1 is 0.283 bits per heavy atom. The topological polar surface area (TPSA) is 35.6 Å². The SMILES string of the molecule is c1ccc(-c2ccc(-c3nc(-c4ccccc4)cc(-c4cc(-n5c6ccccc6c6cc7c8ccccc8n(-c8ccccc8)c7cc65)cc5ccccc45)n3)cc2)cc1. The van der Waals surface area contributed by atoms with Gasteiger partial charge < -0.3 is 9.13 Å². The number of hydrogen-bond donors (Lipinski definition) is 0. The summed E-state index contributed by atoms with van der Waals surface area (Å²) in [6.45, 7) is 0. The van der Waals surface area contributed by atoms with Crippen molar-refractivity contribution in [1.82, 2.24) is 19.1 Å². The Kier molecular flexibility index (Phi) is 7.82. The van der Waals surface area contributed by atoms with E-state index in [1.807, 2.05) is 12.1 Å². The van der Waals surface area contributed by atoms with Crippen LogP contribution < -0.4 is 0 Å². The zero-order valence-corrected chi connectivity index (χ0v) is 32.6. The quantitative estimate of drug-likeness (QED) is 0.169. The van der Waals surface area contributed by atoms with Crippen molar-refractivity contribution >= 4 is 54.4 Å². The van der Waals surface area contributed by atoms with E-state index in [0.29, 0.717) is 5.82 Å². The molecule has 4 nitrogen and oxygen atoms in total. The Bertz CT molecular complexity index is 3570. The largest absolute Gasteiger partial charge is 0.309 e. The van der Waals surface area contributed by atoms with Crippen molar-refractivity contribution in [2.75, 3.05) is 0 Å². The molecule has 0 aliphatic heterocycles. The van der Waals surface area contributed by atoms with Gasteiger partial charge in [-0.1, -0.05) is 164 Å². The predicted molar refractivity (Wildman–Crippen MR) is 250 cm³/mol. The van der Waals surface area contributed by atoms with Crippen molar-refractivity contribution in [2.45, 2.75) is 0 Å². The predicted octanol–water partition coefficient (Wildman–Crippen LogP) is 14.5. The summed E-state index contributed by atoms with van der Waals surface area (Å²) in [7, 11) is 0. The Morgan fingerprint density at radius 2 is 0.783 bits per heavy atom. The molecule has 9 aromatic carbocycles. The van der Waals surface area contributed by atoms with Crippen molar-refractivity contribution in [3.63, 3.8) is 0 Å². The second kappa shape index (κ2) is 13.8. The molecule has 0 bridgehead atoms. The van der Waals surface area contributed by atoms with Gasteiger partial charge in [0.15, 0.2) is 5.82 Å². The average Bonchev–Trinajstić information content (AvgIpc) is 3.83. The third-order valence-electron chi connectivity index (χ3n) is 11.9. The maximum atomic E-state index is 5.39. The molecular weight excluding hydrogens is 729 g/mol. The van der Waals surface area contributed by atoms with Crippen LogP contribution in [-0.4, -0.2) is 19.1 Å². The van der Waals surface area contributed by atoms with E-state index in [1.165, 1.54) is 38.1 Å². The highest BCUT2D eigenvalue weighted by atomic mass is 15.0. The first kappa shape index (κ1) is 34.0. The van der Waals surface area contributed by atoms with Gasteiger partial charge in [0.1, 0.15) is 0 Å². The number of hydrogen-bond acceptors (Lipinski definition) is 2. The van der Waals surface area contributed by atoms with Gasteiger partial charge >= 0.3 is 0 Å². The molecule has 0 amide bonds. The third kappa shape index (κ3) is 5.53. The molecule has 0 unspecified atom stereocenters. The summed E-state index contributed by atoms with van der Waals surface area (Å²) < 4.78 is 4.84. The Morgan fingerprint density at radius 3 is 1.45 bits per heavy atom. The molecule has 12 rings (SSSR count). The second-order valence-corrected chi connectivity index (χ2v) is 15.4. The van der Waals surface area contributed by atoms with Crippen LogP contribution in [0.25, 0.3) is 111 Å². The summed E-state index contributed by atoms with van der Waals surface area (Å²) in [5.41, 5.74) is 14.0. The smallest absolute Gasteiger partial charge is 0.160 e. The molecule has 0 saturated carbocycles. The van der Waals surface area contributed by atoms with E-state index in [9.17, 15) is 0 Å². The van der Waals surface area contributed by atoms with Gasteiger partial charge in [0, 0.05) is 49.6 Å². The van der Waals surface area contributed by atoms with Gasteiger partial charge in [0.25, 0.3) is 0 Å². The standard InChI is InChI=1S/C56H36N4/c1-4-16-37(17-5-1)38-28-30-40(31-29-38)56-57-50(39-18-6-2-7-19-39)35-51(58-56)47-33-43(32-41-20-10-11-23-44(41)47)60-53-27-15-13-25-46(53)49-34-48-45-24-12-14-26-52(45)59(54(48)36-55(49)60)42-21-8-3-9-22-42/h1-36H. The van der Waals surface area contributed by atoms with Crippen LogP contribution in [-0.2, 0) is 0 Å². The molecule has 0 radical (unpaired) electrons. The lowest BCUT2D eigenvalue weighted by Gasteiger charge is -2.15. The molecule has 0 atom stereocenters. The highest BCUT2D eigenvalue weighted by Gasteiger charge is 2.20. The minimum absolute atomic E-state index is 0.688. The fourth-order valence-corrected chi connectivity index (χ4v) is 9.11. The minimum Gasteiger partial charge on any atom is -0.309 e. The Balaban J connectivity index is 1.11. The van der Waals surface area contributed by atoms with Crippen LogP contribution in [0, 0.1) is 0 Å². The molecule has 12 aromatic rings. The summed E-state index contributed by atoms with van der Waals surface area (Å²) in [6, 6.07) is 78.0. The molecule has 60 heavy (non-hydrogen) atoms. The Hall–Kier alpha value is -8.08. The van der Waals surface area contributed by atoms with Crippen molar-refractivity contribution in [3.05, 3.63) is 218 Å². The third-order valence-corrected chi connectivity index (χ3v) is 11.9. The molecular formula is C56H36N4. The summed E-state index contributed by atoms with van der Waals surface area (Å²) in [5.74, 6) is 0.688. The summed E-state index contributed by atoms with van der Waals surface area (Å²) >= 11 is 0. The molecule has 0 spiro atoms. The number of benzene rings is 9. The second-order valence-electron chi connectivity index (χ2n) is 15.4. The summed E-state index contributed by atoms with van der Waals surface area (Å²) in [6.07, 6.45) is 0. The Labute approximate surface area is 346 Å². The molecule has 3 aromatic heterocycles. The first-order valence-electron chi connectivity index (χ1n) is 20.4. The van der Waals surface area contributed by atoms with Crippen LogP contribution in [0.2, 0.25) is 0 Å². The van der Waals surface area contributed by atoms with E-state index >= 15 is 0 Å². The molecule has 0 N–H and O–H groups in total. The monoisotopic (exact) mass is 764 g/mol. The van der Waals surface area contributed by atoms with Crippen LogP contribution >= 0.6 is 0 Å². The molecule has 4 heteroatoms. The molecule has 3 heterocycles. The van der Waals surface area contributed by atoms with E-state index in [0.717, 1.165) is 66.8 Å². The zero-order valence-electron chi connectivity index (χ0n) is 32.6. The van der Waals surface area contributed by atoms with Crippen molar-refractivity contribution < 1.29 is 0 Å². The maximum absolute atomic E-state index is 5.39. The number of para-hydroxylation sites is 3. The summed E-state index contributed by atoms with van der Waals surface area (Å²) in [5, 5.41) is 7.20. The highest BCUT2D eigenvalue weighted by molar-refractivity contribution is 6.19. The first-order valence-corrected chi connectivity index (χ1v) is 20.4. The molecule has 280 valence electrons. The number of nitrogens with zero attached hydrogens (tertiary/aromatic N) is 4. The van der Waals surface area contributed by atoms with Gasteiger partial charge in [-0.25, -0.2) is 9.97 Å². The minimum atomic E-state index is 0.688. The van der Waals surface area contributed by atoms with Gasteiger partial charge in [-0.05, 0) is 76.5 Å². The van der Waals surface area contributed by atoms with Gasteiger partial charge in [-0.15, -0.1) is 0 Å². The van der Waals surface area contributed by atoms with Crippen LogP contribution in [0.1, 0.15) is 0 Å². The van der Waals surface area contributed by atoms with Crippen LogP contribution in [0.5, 0.6) is 0 Å². The lowest BCUT2D eigenvalue weighted by atomic mass is 9.99. The van der Waals surface area contributed by atoms with Crippen LogP contribution in [0.15, 0.2) is 218 Å². The highest BCUT2D eigenvalue weighted by Crippen LogP contribution is 2.41. The summed E-state index contributed by atoms with van der Waals surface area (Å²) in [4.78, 5) is 10.6. The van der Waals surface area contributed by atoms with E-state index in [4.69, 9.17) is 9.97 Å². The van der Waals surface area contributed by atoms with Gasteiger partial charge in [0.05, 0.1) is 33.5 Å². The van der Waals surface area contributed by atoms with E-state index < -0.39 is 0 Å². The first-order chi connectivity index (χ1) is 29.7. The average molecular weight is 765 g/mol. The van der Waals surface area contributed by atoms with E-state index in [1.54, 1.807) is 0 Å². The van der Waals surface area contributed by atoms with Gasteiger partial charge in [0.2, 0.25) is 0 Å². The molecule has 0 aliphatic rings. The van der Waals surface area contributed by atoms with E-state index in [-0.39, 0.29) is 0 Å². The lowest BCUT2D eigenvalue weighted by molar-refractivity contribution is 1.16. The normalized spacial score (nSPS) is 11.7.